The minimum Gasteiger partial charge on any atom is -0.379 e. The van der Waals surface area contributed by atoms with Gasteiger partial charge >= 0.3 is 0 Å². The van der Waals surface area contributed by atoms with Crippen LogP contribution in [0.25, 0.3) is 0 Å². The fourth-order valence-corrected chi connectivity index (χ4v) is 1.57. The van der Waals surface area contributed by atoms with Gasteiger partial charge in [0.05, 0.1) is 13.2 Å². The van der Waals surface area contributed by atoms with E-state index in [1.807, 2.05) is 6.07 Å². The molecular weight excluding hydrogens is 236 g/mol. The molecule has 0 aromatic heterocycles. The molecule has 4 heteroatoms. The molecule has 0 aliphatic carbocycles. The van der Waals surface area contributed by atoms with Crippen molar-refractivity contribution in [2.45, 2.75) is 13.0 Å². The topological polar surface area (TPSA) is 38.5 Å². The van der Waals surface area contributed by atoms with Crippen LogP contribution in [-0.4, -0.2) is 38.3 Å². The Hall–Kier alpha value is -0.610. The van der Waals surface area contributed by atoms with E-state index < -0.39 is 0 Å². The van der Waals surface area contributed by atoms with Crippen molar-refractivity contribution in [3.8, 4) is 0 Å². The van der Waals surface area contributed by atoms with Crippen LogP contribution in [0.5, 0.6) is 0 Å². The van der Waals surface area contributed by atoms with Gasteiger partial charge in [0.2, 0.25) is 0 Å². The highest BCUT2D eigenvalue weighted by molar-refractivity contribution is 5.85. The van der Waals surface area contributed by atoms with E-state index in [1.165, 1.54) is 5.56 Å². The number of benzene rings is 1. The van der Waals surface area contributed by atoms with E-state index in [2.05, 4.69) is 43.1 Å². The first kappa shape index (κ1) is 16.4. The van der Waals surface area contributed by atoms with Crippen LogP contribution in [0, 0.1) is 0 Å². The van der Waals surface area contributed by atoms with Gasteiger partial charge in [0.25, 0.3) is 0 Å². The first-order valence-electron chi connectivity index (χ1n) is 5.78. The standard InChI is InChI=1S/C13H22N2O.ClH/c1-12(13-6-4-3-5-7-13)15(2)9-11-16-10-8-14;/h3-7,12H,8-11,14H2,1-2H3;1H. The maximum atomic E-state index is 5.37. The number of rotatable bonds is 7. The Morgan fingerprint density at radius 3 is 2.47 bits per heavy atom. The lowest BCUT2D eigenvalue weighted by Crippen LogP contribution is -2.27. The molecule has 0 fully saturated rings. The maximum Gasteiger partial charge on any atom is 0.0594 e. The lowest BCUT2D eigenvalue weighted by molar-refractivity contribution is 0.106. The van der Waals surface area contributed by atoms with Crippen molar-refractivity contribution < 1.29 is 4.74 Å². The summed E-state index contributed by atoms with van der Waals surface area (Å²) in [6, 6.07) is 10.9. The van der Waals surface area contributed by atoms with Crippen LogP contribution in [0.2, 0.25) is 0 Å². The second kappa shape index (κ2) is 9.42. The van der Waals surface area contributed by atoms with Crippen molar-refractivity contribution in [3.63, 3.8) is 0 Å². The molecule has 0 spiro atoms. The minimum atomic E-state index is 0. The summed E-state index contributed by atoms with van der Waals surface area (Å²) in [5.41, 5.74) is 6.69. The number of hydrogen-bond acceptors (Lipinski definition) is 3. The molecule has 2 N–H and O–H groups in total. The average molecular weight is 259 g/mol. The number of hydrogen-bond donors (Lipinski definition) is 1. The Balaban J connectivity index is 0.00000256. The largest absolute Gasteiger partial charge is 0.379 e. The van der Waals surface area contributed by atoms with E-state index in [0.717, 1.165) is 13.2 Å². The smallest absolute Gasteiger partial charge is 0.0594 e. The highest BCUT2D eigenvalue weighted by Gasteiger charge is 2.10. The zero-order valence-corrected chi connectivity index (χ0v) is 11.5. The molecule has 0 amide bonds. The van der Waals surface area contributed by atoms with Gasteiger partial charge < -0.3 is 10.5 Å². The van der Waals surface area contributed by atoms with E-state index in [0.29, 0.717) is 19.2 Å². The molecule has 0 bridgehead atoms. The Kier molecular flexibility index (Phi) is 9.09. The maximum absolute atomic E-state index is 5.37. The second-order valence-corrected chi connectivity index (χ2v) is 3.97. The third-order valence-electron chi connectivity index (χ3n) is 2.79. The van der Waals surface area contributed by atoms with Crippen molar-refractivity contribution in [3.05, 3.63) is 35.9 Å². The van der Waals surface area contributed by atoms with Crippen LogP contribution in [0.15, 0.2) is 30.3 Å². The zero-order valence-electron chi connectivity index (χ0n) is 10.6. The second-order valence-electron chi connectivity index (χ2n) is 3.97. The van der Waals surface area contributed by atoms with E-state index in [4.69, 9.17) is 10.5 Å². The summed E-state index contributed by atoms with van der Waals surface area (Å²) in [6.45, 7) is 5.12. The first-order valence-corrected chi connectivity index (χ1v) is 5.78. The fraction of sp³-hybridized carbons (Fsp3) is 0.538. The lowest BCUT2D eigenvalue weighted by Gasteiger charge is -2.24. The lowest BCUT2D eigenvalue weighted by atomic mass is 10.1. The van der Waals surface area contributed by atoms with Crippen LogP contribution >= 0.6 is 12.4 Å². The van der Waals surface area contributed by atoms with Crippen LogP contribution in [0.3, 0.4) is 0 Å². The number of likely N-dealkylation sites (N-methyl/N-ethyl adjacent to an activating group) is 1. The van der Waals surface area contributed by atoms with E-state index in [-0.39, 0.29) is 12.4 Å². The molecule has 0 heterocycles. The Bertz CT molecular complexity index is 282. The third kappa shape index (κ3) is 6.03. The molecule has 0 aliphatic heterocycles. The molecule has 1 unspecified atom stereocenters. The van der Waals surface area contributed by atoms with Gasteiger partial charge in [0.1, 0.15) is 0 Å². The average Bonchev–Trinajstić information content (AvgIpc) is 2.34. The molecular formula is C13H23ClN2O. The minimum absolute atomic E-state index is 0. The number of ether oxygens (including phenoxy) is 1. The Morgan fingerprint density at radius 1 is 1.24 bits per heavy atom. The highest BCUT2D eigenvalue weighted by atomic mass is 35.5. The SMILES string of the molecule is CC(c1ccccc1)N(C)CCOCCN.Cl. The number of nitrogens with zero attached hydrogens (tertiary/aromatic N) is 1. The molecule has 1 rings (SSSR count). The van der Waals surface area contributed by atoms with Crippen LogP contribution in [0.1, 0.15) is 18.5 Å². The van der Waals surface area contributed by atoms with Gasteiger partial charge in [-0.3, -0.25) is 4.90 Å². The van der Waals surface area contributed by atoms with Gasteiger partial charge in [0, 0.05) is 19.1 Å². The van der Waals surface area contributed by atoms with E-state index >= 15 is 0 Å². The van der Waals surface area contributed by atoms with E-state index in [1.54, 1.807) is 0 Å². The van der Waals surface area contributed by atoms with Crippen molar-refractivity contribution >= 4 is 12.4 Å². The quantitative estimate of drug-likeness (QED) is 0.761. The molecule has 98 valence electrons. The molecule has 0 saturated carbocycles. The summed E-state index contributed by atoms with van der Waals surface area (Å²) in [5, 5.41) is 0. The summed E-state index contributed by atoms with van der Waals surface area (Å²) < 4.78 is 5.37. The monoisotopic (exact) mass is 258 g/mol. The highest BCUT2D eigenvalue weighted by Crippen LogP contribution is 2.17. The summed E-state index contributed by atoms with van der Waals surface area (Å²) in [5.74, 6) is 0. The van der Waals surface area contributed by atoms with Gasteiger partial charge in [-0.05, 0) is 19.5 Å². The Morgan fingerprint density at radius 2 is 1.88 bits per heavy atom. The molecule has 0 radical (unpaired) electrons. The van der Waals surface area contributed by atoms with Crippen molar-refractivity contribution in [2.75, 3.05) is 33.4 Å². The molecule has 1 aromatic carbocycles. The van der Waals surface area contributed by atoms with Crippen LogP contribution in [-0.2, 0) is 4.74 Å². The van der Waals surface area contributed by atoms with Gasteiger partial charge in [0.15, 0.2) is 0 Å². The van der Waals surface area contributed by atoms with E-state index in [9.17, 15) is 0 Å². The third-order valence-corrected chi connectivity index (χ3v) is 2.79. The van der Waals surface area contributed by atoms with Gasteiger partial charge in [-0.25, -0.2) is 0 Å². The summed E-state index contributed by atoms with van der Waals surface area (Å²) in [4.78, 5) is 2.28. The molecule has 17 heavy (non-hydrogen) atoms. The summed E-state index contributed by atoms with van der Waals surface area (Å²) in [6.07, 6.45) is 0. The predicted octanol–water partition coefficient (Wildman–Crippen LogP) is 2.08. The first-order chi connectivity index (χ1) is 7.75. The fourth-order valence-electron chi connectivity index (χ4n) is 1.57. The van der Waals surface area contributed by atoms with Crippen molar-refractivity contribution in [1.82, 2.24) is 4.90 Å². The van der Waals surface area contributed by atoms with Gasteiger partial charge in [-0.2, -0.15) is 0 Å². The van der Waals surface area contributed by atoms with Gasteiger partial charge in [-0.15, -0.1) is 12.4 Å². The predicted molar refractivity (Wildman–Crippen MR) is 74.6 cm³/mol. The Labute approximate surface area is 110 Å². The molecule has 3 nitrogen and oxygen atoms in total. The molecule has 0 saturated heterocycles. The molecule has 1 aromatic rings. The summed E-state index contributed by atoms with van der Waals surface area (Å²) >= 11 is 0. The zero-order chi connectivity index (χ0) is 11.8. The number of nitrogens with two attached hydrogens (primary N) is 1. The number of halogens is 1. The van der Waals surface area contributed by atoms with Crippen molar-refractivity contribution in [1.29, 1.82) is 0 Å². The normalized spacial score (nSPS) is 12.2. The van der Waals surface area contributed by atoms with Crippen LogP contribution < -0.4 is 5.73 Å². The van der Waals surface area contributed by atoms with Crippen LogP contribution in [0.4, 0.5) is 0 Å². The van der Waals surface area contributed by atoms with Crippen molar-refractivity contribution in [2.24, 2.45) is 5.73 Å². The van der Waals surface area contributed by atoms with Gasteiger partial charge in [-0.1, -0.05) is 30.3 Å². The molecule has 1 atom stereocenters. The summed E-state index contributed by atoms with van der Waals surface area (Å²) in [7, 11) is 2.11. The molecule has 0 aliphatic rings.